The molecular formula is C24H25ClFN3O2. The third-order valence-electron chi connectivity index (χ3n) is 5.62. The summed E-state index contributed by atoms with van der Waals surface area (Å²) in [5.41, 5.74) is 2.96. The minimum atomic E-state index is -0.258. The highest BCUT2D eigenvalue weighted by molar-refractivity contribution is 6.32. The van der Waals surface area contributed by atoms with Crippen molar-refractivity contribution in [1.29, 1.82) is 0 Å². The van der Waals surface area contributed by atoms with Gasteiger partial charge in [-0.25, -0.2) is 4.39 Å². The molecule has 3 aromatic rings. The van der Waals surface area contributed by atoms with Crippen LogP contribution in [0.15, 0.2) is 54.6 Å². The maximum atomic E-state index is 13.0. The fourth-order valence-corrected chi connectivity index (χ4v) is 4.03. The average Bonchev–Trinajstić information content (AvgIpc) is 3.44. The smallest absolute Gasteiger partial charge is 0.222 e. The molecule has 0 radical (unpaired) electrons. The van der Waals surface area contributed by atoms with Crippen molar-refractivity contribution in [1.82, 2.24) is 15.1 Å². The molecule has 1 atom stereocenters. The van der Waals surface area contributed by atoms with E-state index in [1.54, 1.807) is 18.2 Å². The number of likely N-dealkylation sites (tertiary alicyclic amines) is 1. The van der Waals surface area contributed by atoms with Gasteiger partial charge in [-0.3, -0.25) is 9.89 Å². The zero-order chi connectivity index (χ0) is 21.6. The van der Waals surface area contributed by atoms with Gasteiger partial charge in [-0.1, -0.05) is 35.9 Å². The van der Waals surface area contributed by atoms with E-state index in [0.717, 1.165) is 29.9 Å². The highest BCUT2D eigenvalue weighted by atomic mass is 35.5. The lowest BCUT2D eigenvalue weighted by molar-refractivity contribution is -0.130. The van der Waals surface area contributed by atoms with Gasteiger partial charge in [0.05, 0.1) is 17.3 Å². The maximum absolute atomic E-state index is 13.0. The van der Waals surface area contributed by atoms with E-state index < -0.39 is 0 Å². The summed E-state index contributed by atoms with van der Waals surface area (Å²) in [5.74, 6) is 0.792. The Hall–Kier alpha value is -2.86. The molecule has 1 saturated heterocycles. The topological polar surface area (TPSA) is 58.2 Å². The van der Waals surface area contributed by atoms with Crippen molar-refractivity contribution < 1.29 is 13.9 Å². The summed E-state index contributed by atoms with van der Waals surface area (Å²) in [6.07, 6.45) is 2.66. The number of para-hydroxylation sites is 1. The van der Waals surface area contributed by atoms with Crippen LogP contribution in [-0.4, -0.2) is 40.7 Å². The molecule has 1 aliphatic heterocycles. The van der Waals surface area contributed by atoms with Gasteiger partial charge < -0.3 is 9.64 Å². The van der Waals surface area contributed by atoms with Gasteiger partial charge in [-0.2, -0.15) is 5.10 Å². The number of nitrogens with one attached hydrogen (secondary N) is 1. The molecule has 0 unspecified atom stereocenters. The van der Waals surface area contributed by atoms with Crippen molar-refractivity contribution in [3.05, 3.63) is 82.4 Å². The predicted molar refractivity (Wildman–Crippen MR) is 118 cm³/mol. The number of rotatable bonds is 8. The van der Waals surface area contributed by atoms with E-state index in [-0.39, 0.29) is 17.6 Å². The van der Waals surface area contributed by atoms with Crippen LogP contribution in [-0.2, 0) is 17.6 Å². The Kier molecular flexibility index (Phi) is 6.87. The van der Waals surface area contributed by atoms with Gasteiger partial charge in [-0.05, 0) is 48.7 Å². The number of carbonyl (C=O) groups excluding carboxylic acids is 1. The van der Waals surface area contributed by atoms with Crippen molar-refractivity contribution in [3.63, 3.8) is 0 Å². The molecule has 4 rings (SSSR count). The van der Waals surface area contributed by atoms with Gasteiger partial charge in [0.2, 0.25) is 5.91 Å². The second-order valence-electron chi connectivity index (χ2n) is 7.80. The molecule has 1 fully saturated rings. The van der Waals surface area contributed by atoms with Gasteiger partial charge in [0.15, 0.2) is 0 Å². The Labute approximate surface area is 186 Å². The molecule has 0 bridgehead atoms. The summed E-state index contributed by atoms with van der Waals surface area (Å²) in [7, 11) is 0. The normalized spacial score (nSPS) is 15.9. The molecule has 0 aliphatic carbocycles. The highest BCUT2D eigenvalue weighted by Gasteiger charge is 2.28. The fourth-order valence-electron chi connectivity index (χ4n) is 3.84. The number of benzene rings is 2. The molecule has 0 saturated carbocycles. The lowest BCUT2D eigenvalue weighted by Crippen LogP contribution is -2.28. The Morgan fingerprint density at radius 1 is 1.19 bits per heavy atom. The summed E-state index contributed by atoms with van der Waals surface area (Å²) < 4.78 is 18.7. The number of amides is 1. The lowest BCUT2D eigenvalue weighted by atomic mass is 10.0. The molecule has 0 spiro atoms. The maximum Gasteiger partial charge on any atom is 0.222 e. The number of ether oxygens (including phenoxy) is 1. The molecule has 162 valence electrons. The van der Waals surface area contributed by atoms with Crippen molar-refractivity contribution in [2.75, 3.05) is 19.7 Å². The standard InChI is InChI=1S/C24H25ClFN3O2/c25-21-3-1-2-4-23(21)31-14-12-20-15-22(28-27-20)18-11-13-29(16-18)24(30)10-7-17-5-8-19(26)9-6-17/h1-6,8-9,15,18H,7,10-14,16H2,(H,27,28)/t18-/m1/s1. The predicted octanol–water partition coefficient (Wildman–Crippen LogP) is 4.77. The zero-order valence-corrected chi connectivity index (χ0v) is 17.9. The van der Waals surface area contributed by atoms with Crippen molar-refractivity contribution in [2.24, 2.45) is 0 Å². The van der Waals surface area contributed by atoms with Crippen LogP contribution in [0.2, 0.25) is 5.02 Å². The van der Waals surface area contributed by atoms with E-state index >= 15 is 0 Å². The fraction of sp³-hybridized carbons (Fsp3) is 0.333. The summed E-state index contributed by atoms with van der Waals surface area (Å²) in [4.78, 5) is 14.5. The summed E-state index contributed by atoms with van der Waals surface area (Å²) in [5, 5.41) is 8.14. The van der Waals surface area contributed by atoms with Gasteiger partial charge in [-0.15, -0.1) is 0 Å². The Morgan fingerprint density at radius 2 is 2.00 bits per heavy atom. The zero-order valence-electron chi connectivity index (χ0n) is 17.2. The molecule has 2 aromatic carbocycles. The number of H-pyrrole nitrogens is 1. The first-order chi connectivity index (χ1) is 15.1. The third-order valence-corrected chi connectivity index (χ3v) is 5.93. The number of nitrogens with zero attached hydrogens (tertiary/aromatic N) is 2. The lowest BCUT2D eigenvalue weighted by Gasteiger charge is -2.16. The van der Waals surface area contributed by atoms with E-state index in [9.17, 15) is 9.18 Å². The molecule has 1 aromatic heterocycles. The first-order valence-corrected chi connectivity index (χ1v) is 10.9. The van der Waals surface area contributed by atoms with E-state index in [1.165, 1.54) is 12.1 Å². The number of hydrogen-bond donors (Lipinski definition) is 1. The van der Waals surface area contributed by atoms with Crippen LogP contribution >= 0.6 is 11.6 Å². The number of aromatic amines is 1. The first-order valence-electron chi connectivity index (χ1n) is 10.5. The Bertz CT molecular complexity index is 1020. The largest absolute Gasteiger partial charge is 0.492 e. The first kappa shape index (κ1) is 21.4. The van der Waals surface area contributed by atoms with Gasteiger partial charge in [0, 0.05) is 37.5 Å². The second-order valence-corrected chi connectivity index (χ2v) is 8.21. The third kappa shape index (κ3) is 5.64. The van der Waals surface area contributed by atoms with Crippen LogP contribution in [0.25, 0.3) is 0 Å². The molecule has 5 nitrogen and oxygen atoms in total. The van der Waals surface area contributed by atoms with Crippen molar-refractivity contribution in [3.8, 4) is 5.75 Å². The molecular weight excluding hydrogens is 417 g/mol. The Morgan fingerprint density at radius 3 is 2.81 bits per heavy atom. The number of hydrogen-bond acceptors (Lipinski definition) is 3. The quantitative estimate of drug-likeness (QED) is 0.547. The molecule has 1 N–H and O–H groups in total. The van der Waals surface area contributed by atoms with Gasteiger partial charge >= 0.3 is 0 Å². The number of aromatic nitrogens is 2. The molecule has 1 amide bonds. The molecule has 2 heterocycles. The summed E-state index contributed by atoms with van der Waals surface area (Å²) in [6.45, 7) is 1.93. The minimum absolute atomic E-state index is 0.135. The number of carbonyl (C=O) groups is 1. The monoisotopic (exact) mass is 441 g/mol. The molecule has 7 heteroatoms. The van der Waals surface area contributed by atoms with Crippen LogP contribution < -0.4 is 4.74 Å². The van der Waals surface area contributed by atoms with E-state index in [1.807, 2.05) is 23.1 Å². The number of halogens is 2. The molecule has 31 heavy (non-hydrogen) atoms. The SMILES string of the molecule is O=C(CCc1ccc(F)cc1)N1CC[C@@H](c2cc(CCOc3ccccc3Cl)[nH]n2)C1. The van der Waals surface area contributed by atoms with Crippen LogP contribution in [0.3, 0.4) is 0 Å². The van der Waals surface area contributed by atoms with Gasteiger partial charge in [0.1, 0.15) is 11.6 Å². The molecule has 1 aliphatic rings. The second kappa shape index (κ2) is 9.96. The highest BCUT2D eigenvalue weighted by Crippen LogP contribution is 2.27. The van der Waals surface area contributed by atoms with Crippen LogP contribution in [0.5, 0.6) is 5.75 Å². The van der Waals surface area contributed by atoms with Crippen molar-refractivity contribution in [2.45, 2.75) is 31.6 Å². The van der Waals surface area contributed by atoms with Gasteiger partial charge in [0.25, 0.3) is 0 Å². The van der Waals surface area contributed by atoms with Crippen LogP contribution in [0.1, 0.15) is 35.7 Å². The van der Waals surface area contributed by atoms with E-state index in [4.69, 9.17) is 16.3 Å². The minimum Gasteiger partial charge on any atom is -0.492 e. The number of aryl methyl sites for hydroxylation is 1. The van der Waals surface area contributed by atoms with E-state index in [0.29, 0.717) is 43.2 Å². The van der Waals surface area contributed by atoms with Crippen LogP contribution in [0.4, 0.5) is 4.39 Å². The summed E-state index contributed by atoms with van der Waals surface area (Å²) >= 11 is 6.11. The Balaban J connectivity index is 1.23. The average molecular weight is 442 g/mol. The van der Waals surface area contributed by atoms with E-state index in [2.05, 4.69) is 16.3 Å². The van der Waals surface area contributed by atoms with Crippen LogP contribution in [0, 0.1) is 5.82 Å². The van der Waals surface area contributed by atoms with Crippen molar-refractivity contribution >= 4 is 17.5 Å². The summed E-state index contributed by atoms with van der Waals surface area (Å²) in [6, 6.07) is 15.8.